The minimum Gasteiger partial charge on any atom is -0.302 e. The first-order valence-corrected chi connectivity index (χ1v) is 9.49. The normalized spacial score (nSPS) is 10.8. The van der Waals surface area contributed by atoms with Gasteiger partial charge in [-0.05, 0) is 12.1 Å². The van der Waals surface area contributed by atoms with Gasteiger partial charge in [-0.1, -0.05) is 48.5 Å². The standard InChI is InChI=1S/C21H17N3O2S/c25-19(23-21-22-17(14-27-21)15-6-2-1-3-7-15)10-11-20(26)24-13-12-16-8-4-5-9-18(16)24/h1-9,12-14H,10-11H2,(H,22,23,25). The minimum absolute atomic E-state index is 0.101. The molecule has 2 aromatic heterocycles. The highest BCUT2D eigenvalue weighted by molar-refractivity contribution is 7.14. The van der Waals surface area contributed by atoms with Gasteiger partial charge in [0.1, 0.15) is 0 Å². The fourth-order valence-corrected chi connectivity index (χ4v) is 3.63. The molecule has 4 aromatic rings. The average molecular weight is 375 g/mol. The van der Waals surface area contributed by atoms with Gasteiger partial charge in [-0.15, -0.1) is 11.3 Å². The van der Waals surface area contributed by atoms with E-state index in [0.29, 0.717) is 5.13 Å². The summed E-state index contributed by atoms with van der Waals surface area (Å²) in [6.45, 7) is 0. The Labute approximate surface area is 160 Å². The number of carbonyl (C=O) groups excluding carboxylic acids is 2. The Balaban J connectivity index is 1.36. The van der Waals surface area contributed by atoms with E-state index in [9.17, 15) is 9.59 Å². The number of thiazole rings is 1. The zero-order chi connectivity index (χ0) is 18.6. The molecule has 1 N–H and O–H groups in total. The maximum Gasteiger partial charge on any atom is 0.231 e. The first kappa shape index (κ1) is 17.2. The fourth-order valence-electron chi connectivity index (χ4n) is 2.90. The summed E-state index contributed by atoms with van der Waals surface area (Å²) < 4.78 is 1.60. The summed E-state index contributed by atoms with van der Waals surface area (Å²) in [6, 6.07) is 19.4. The molecule has 0 atom stereocenters. The van der Waals surface area contributed by atoms with E-state index in [2.05, 4.69) is 10.3 Å². The Bertz CT molecular complexity index is 1100. The summed E-state index contributed by atoms with van der Waals surface area (Å²) in [7, 11) is 0. The number of hydrogen-bond donors (Lipinski definition) is 1. The highest BCUT2D eigenvalue weighted by Crippen LogP contribution is 2.24. The second kappa shape index (κ2) is 7.55. The summed E-state index contributed by atoms with van der Waals surface area (Å²) in [6.07, 6.45) is 2.00. The Hall–Kier alpha value is -3.25. The molecule has 0 unspecified atom stereocenters. The minimum atomic E-state index is -0.214. The van der Waals surface area contributed by atoms with Crippen LogP contribution in [0.4, 0.5) is 5.13 Å². The molecule has 2 aromatic carbocycles. The molecule has 5 nitrogen and oxygen atoms in total. The van der Waals surface area contributed by atoms with Crippen molar-refractivity contribution in [2.24, 2.45) is 0 Å². The molecule has 1 amide bonds. The van der Waals surface area contributed by atoms with Gasteiger partial charge in [0.25, 0.3) is 0 Å². The number of amides is 1. The van der Waals surface area contributed by atoms with Gasteiger partial charge >= 0.3 is 0 Å². The second-order valence-electron chi connectivity index (χ2n) is 6.09. The number of benzene rings is 2. The maximum atomic E-state index is 12.4. The molecule has 0 aliphatic heterocycles. The highest BCUT2D eigenvalue weighted by Gasteiger charge is 2.13. The van der Waals surface area contributed by atoms with E-state index in [4.69, 9.17) is 0 Å². The van der Waals surface area contributed by atoms with Crippen molar-refractivity contribution >= 4 is 39.2 Å². The van der Waals surface area contributed by atoms with Crippen LogP contribution in [0.15, 0.2) is 72.2 Å². The van der Waals surface area contributed by atoms with Crippen LogP contribution in [0.5, 0.6) is 0 Å². The van der Waals surface area contributed by atoms with E-state index in [1.807, 2.05) is 66.0 Å². The van der Waals surface area contributed by atoms with Crippen molar-refractivity contribution in [3.63, 3.8) is 0 Å². The number of fused-ring (bicyclic) bond motifs is 1. The molecule has 0 aliphatic carbocycles. The molecular formula is C21H17N3O2S. The zero-order valence-corrected chi connectivity index (χ0v) is 15.3. The Morgan fingerprint density at radius 1 is 0.963 bits per heavy atom. The molecule has 0 aliphatic rings. The van der Waals surface area contributed by atoms with Crippen molar-refractivity contribution in [1.82, 2.24) is 9.55 Å². The first-order chi connectivity index (χ1) is 13.2. The van der Waals surface area contributed by atoms with E-state index < -0.39 is 0 Å². The number of hydrogen-bond acceptors (Lipinski definition) is 4. The van der Waals surface area contributed by atoms with E-state index in [1.165, 1.54) is 11.3 Å². The molecule has 0 radical (unpaired) electrons. The van der Waals surface area contributed by atoms with Crippen molar-refractivity contribution in [3.05, 3.63) is 72.2 Å². The van der Waals surface area contributed by atoms with Gasteiger partial charge in [-0.25, -0.2) is 4.98 Å². The lowest BCUT2D eigenvalue weighted by Crippen LogP contribution is -2.16. The third-order valence-electron chi connectivity index (χ3n) is 4.25. The summed E-state index contributed by atoms with van der Waals surface area (Å²) in [5, 5.41) is 6.23. The van der Waals surface area contributed by atoms with E-state index in [-0.39, 0.29) is 24.7 Å². The lowest BCUT2D eigenvalue weighted by Gasteiger charge is -2.04. The molecule has 0 bridgehead atoms. The molecule has 0 saturated carbocycles. The van der Waals surface area contributed by atoms with Gasteiger partial charge in [-0.2, -0.15) is 0 Å². The molecule has 0 spiro atoms. The molecule has 0 fully saturated rings. The summed E-state index contributed by atoms with van der Waals surface area (Å²) in [4.78, 5) is 29.1. The monoisotopic (exact) mass is 375 g/mol. The number of nitrogens with one attached hydrogen (secondary N) is 1. The summed E-state index contributed by atoms with van der Waals surface area (Å²) in [5.41, 5.74) is 2.69. The average Bonchev–Trinajstić information content (AvgIpc) is 3.34. The van der Waals surface area contributed by atoms with E-state index in [1.54, 1.807) is 10.8 Å². The molecule has 2 heterocycles. The summed E-state index contributed by atoms with van der Waals surface area (Å²) >= 11 is 1.37. The molecule has 4 rings (SSSR count). The summed E-state index contributed by atoms with van der Waals surface area (Å²) in [5.74, 6) is -0.316. The number of carbonyl (C=O) groups is 2. The number of rotatable bonds is 5. The predicted molar refractivity (Wildman–Crippen MR) is 108 cm³/mol. The number of nitrogens with zero attached hydrogens (tertiary/aromatic N) is 2. The van der Waals surface area contributed by atoms with Crippen LogP contribution in [-0.2, 0) is 4.79 Å². The van der Waals surface area contributed by atoms with Crippen molar-refractivity contribution in [3.8, 4) is 11.3 Å². The Morgan fingerprint density at radius 2 is 1.74 bits per heavy atom. The topological polar surface area (TPSA) is 64.0 Å². The molecule has 6 heteroatoms. The maximum absolute atomic E-state index is 12.4. The van der Waals surface area contributed by atoms with Crippen molar-refractivity contribution in [2.75, 3.05) is 5.32 Å². The van der Waals surface area contributed by atoms with Crippen LogP contribution < -0.4 is 5.32 Å². The smallest absolute Gasteiger partial charge is 0.231 e. The first-order valence-electron chi connectivity index (χ1n) is 8.61. The van der Waals surface area contributed by atoms with Crippen LogP contribution in [0.3, 0.4) is 0 Å². The fraction of sp³-hybridized carbons (Fsp3) is 0.0952. The molecular weight excluding hydrogens is 358 g/mol. The Kier molecular flexibility index (Phi) is 4.80. The zero-order valence-electron chi connectivity index (χ0n) is 14.5. The van der Waals surface area contributed by atoms with Crippen molar-refractivity contribution in [2.45, 2.75) is 12.8 Å². The van der Waals surface area contributed by atoms with Crippen molar-refractivity contribution < 1.29 is 9.59 Å². The highest BCUT2D eigenvalue weighted by atomic mass is 32.1. The quantitative estimate of drug-likeness (QED) is 0.544. The van der Waals surface area contributed by atoms with Crippen LogP contribution in [0, 0.1) is 0 Å². The van der Waals surface area contributed by atoms with Crippen molar-refractivity contribution in [1.29, 1.82) is 0 Å². The van der Waals surface area contributed by atoms with E-state index in [0.717, 1.165) is 22.2 Å². The molecule has 134 valence electrons. The lowest BCUT2D eigenvalue weighted by atomic mass is 10.2. The van der Waals surface area contributed by atoms with Gasteiger partial charge in [0.05, 0.1) is 11.2 Å². The molecule has 0 saturated heterocycles. The van der Waals surface area contributed by atoms with Gasteiger partial charge in [-0.3, -0.25) is 14.2 Å². The van der Waals surface area contributed by atoms with E-state index >= 15 is 0 Å². The Morgan fingerprint density at radius 3 is 2.59 bits per heavy atom. The number of anilines is 1. The van der Waals surface area contributed by atoms with Crippen LogP contribution in [0.1, 0.15) is 17.6 Å². The SMILES string of the molecule is O=C(CCC(=O)n1ccc2ccccc21)Nc1nc(-c2ccccc2)cs1. The van der Waals surface area contributed by atoms with Gasteiger partial charge in [0, 0.05) is 35.4 Å². The largest absolute Gasteiger partial charge is 0.302 e. The number of aromatic nitrogens is 2. The van der Waals surface area contributed by atoms with Crippen LogP contribution >= 0.6 is 11.3 Å². The van der Waals surface area contributed by atoms with Crippen LogP contribution in [0.2, 0.25) is 0 Å². The van der Waals surface area contributed by atoms with Crippen LogP contribution in [-0.4, -0.2) is 21.4 Å². The van der Waals surface area contributed by atoms with Gasteiger partial charge in [0.15, 0.2) is 5.13 Å². The third kappa shape index (κ3) is 3.80. The van der Waals surface area contributed by atoms with Gasteiger partial charge < -0.3 is 5.32 Å². The second-order valence-corrected chi connectivity index (χ2v) is 6.95. The third-order valence-corrected chi connectivity index (χ3v) is 5.01. The van der Waals surface area contributed by atoms with Gasteiger partial charge in [0.2, 0.25) is 11.8 Å². The lowest BCUT2D eigenvalue weighted by molar-refractivity contribution is -0.116. The van der Waals surface area contributed by atoms with Crippen LogP contribution in [0.25, 0.3) is 22.2 Å². The number of para-hydroxylation sites is 1. The predicted octanol–water partition coefficient (Wildman–Crippen LogP) is 4.82. The molecule has 27 heavy (non-hydrogen) atoms.